The molecule has 24 heavy (non-hydrogen) atoms. The van der Waals surface area contributed by atoms with Gasteiger partial charge in [-0.05, 0) is 44.9 Å². The molecule has 1 saturated carbocycles. The molecule has 5 nitrogen and oxygen atoms in total. The molecule has 0 radical (unpaired) electrons. The van der Waals surface area contributed by atoms with E-state index in [4.69, 9.17) is 0 Å². The summed E-state index contributed by atoms with van der Waals surface area (Å²) in [4.78, 5) is 33.5. The molecule has 0 bridgehead atoms. The first-order valence-electron chi connectivity index (χ1n) is 8.37. The summed E-state index contributed by atoms with van der Waals surface area (Å²) in [6.45, 7) is 3.84. The zero-order valence-electron chi connectivity index (χ0n) is 14.1. The van der Waals surface area contributed by atoms with Crippen molar-refractivity contribution >= 4 is 23.6 Å². The summed E-state index contributed by atoms with van der Waals surface area (Å²) in [5, 5.41) is 0. The van der Waals surface area contributed by atoms with Gasteiger partial charge in [-0.15, -0.1) is 11.8 Å². The van der Waals surface area contributed by atoms with Gasteiger partial charge in [0.25, 0.3) is 0 Å². The van der Waals surface area contributed by atoms with Gasteiger partial charge in [0.1, 0.15) is 6.04 Å². The number of hydrogen-bond donors (Lipinski definition) is 0. The van der Waals surface area contributed by atoms with Gasteiger partial charge in [0.2, 0.25) is 11.8 Å². The number of pyridine rings is 1. The van der Waals surface area contributed by atoms with E-state index < -0.39 is 0 Å². The monoisotopic (exact) mass is 345 g/mol. The molecule has 2 aliphatic rings. The first-order chi connectivity index (χ1) is 11.6. The fraction of sp³-hybridized carbons (Fsp3) is 0.500. The van der Waals surface area contributed by atoms with Crippen LogP contribution in [0.25, 0.3) is 0 Å². The highest BCUT2D eigenvalue weighted by Gasteiger charge is 2.43. The molecule has 1 saturated heterocycles. The van der Waals surface area contributed by atoms with Gasteiger partial charge in [-0.3, -0.25) is 14.6 Å². The third-order valence-corrected chi connectivity index (χ3v) is 5.50. The maximum Gasteiger partial charge on any atom is 0.247 e. The minimum atomic E-state index is -0.370. The van der Waals surface area contributed by atoms with Gasteiger partial charge in [-0.2, -0.15) is 0 Å². The number of nitrogens with zero attached hydrogens (tertiary/aromatic N) is 3. The van der Waals surface area contributed by atoms with Crippen molar-refractivity contribution in [2.45, 2.75) is 44.8 Å². The molecule has 0 aromatic carbocycles. The number of amides is 2. The Morgan fingerprint density at radius 3 is 2.83 bits per heavy atom. The first-order valence-corrected chi connectivity index (χ1v) is 9.53. The maximum atomic E-state index is 13.2. The summed E-state index contributed by atoms with van der Waals surface area (Å²) < 4.78 is 0. The van der Waals surface area contributed by atoms with E-state index in [1.807, 2.05) is 36.9 Å². The molecular formula is C18H23N3O2S. The SMILES string of the molecule is C/C=C\C(=O)N1CSC[C@@H]1C(=O)N(C1CC1)[C@H](C)c1ccccn1. The van der Waals surface area contributed by atoms with Crippen molar-refractivity contribution in [3.8, 4) is 0 Å². The molecule has 0 N–H and O–H groups in total. The fourth-order valence-electron chi connectivity index (χ4n) is 3.08. The van der Waals surface area contributed by atoms with E-state index in [0.717, 1.165) is 18.5 Å². The van der Waals surface area contributed by atoms with E-state index in [1.165, 1.54) is 6.08 Å². The van der Waals surface area contributed by atoms with Crippen LogP contribution in [0.2, 0.25) is 0 Å². The van der Waals surface area contributed by atoms with E-state index in [9.17, 15) is 9.59 Å². The number of rotatable bonds is 5. The van der Waals surface area contributed by atoms with Gasteiger partial charge in [-0.1, -0.05) is 12.1 Å². The van der Waals surface area contributed by atoms with E-state index in [2.05, 4.69) is 4.98 Å². The Kier molecular flexibility index (Phi) is 5.23. The lowest BCUT2D eigenvalue weighted by Crippen LogP contribution is -2.50. The summed E-state index contributed by atoms with van der Waals surface area (Å²) in [6.07, 6.45) is 7.09. The summed E-state index contributed by atoms with van der Waals surface area (Å²) in [5.41, 5.74) is 0.898. The third kappa shape index (κ3) is 3.48. The Labute approximate surface area is 147 Å². The summed E-state index contributed by atoms with van der Waals surface area (Å²) in [6, 6.07) is 5.62. The Morgan fingerprint density at radius 1 is 1.42 bits per heavy atom. The number of allylic oxidation sites excluding steroid dienone is 1. The van der Waals surface area contributed by atoms with E-state index in [-0.39, 0.29) is 29.9 Å². The van der Waals surface area contributed by atoms with E-state index >= 15 is 0 Å². The predicted molar refractivity (Wildman–Crippen MR) is 95.3 cm³/mol. The molecule has 3 rings (SSSR count). The quantitative estimate of drug-likeness (QED) is 0.770. The molecule has 1 aliphatic carbocycles. The fourth-order valence-corrected chi connectivity index (χ4v) is 4.24. The van der Waals surface area contributed by atoms with Gasteiger partial charge in [0, 0.05) is 18.0 Å². The van der Waals surface area contributed by atoms with Crippen LogP contribution < -0.4 is 0 Å². The highest BCUT2D eigenvalue weighted by molar-refractivity contribution is 7.99. The molecule has 2 fully saturated rings. The molecule has 2 heterocycles. The second kappa shape index (κ2) is 7.38. The highest BCUT2D eigenvalue weighted by atomic mass is 32.2. The number of thioether (sulfide) groups is 1. The van der Waals surface area contributed by atoms with Crippen LogP contribution >= 0.6 is 11.8 Å². The second-order valence-electron chi connectivity index (χ2n) is 6.23. The molecule has 2 atom stereocenters. The van der Waals surface area contributed by atoms with Crippen molar-refractivity contribution in [1.82, 2.24) is 14.8 Å². The van der Waals surface area contributed by atoms with Crippen molar-refractivity contribution in [3.63, 3.8) is 0 Å². The molecular weight excluding hydrogens is 322 g/mol. The van der Waals surface area contributed by atoms with E-state index in [0.29, 0.717) is 11.6 Å². The standard InChI is InChI=1S/C18H23N3O2S/c1-3-6-17(22)20-12-24-11-16(20)18(23)21(14-8-9-14)13(2)15-7-4-5-10-19-15/h3-7,10,13-14,16H,8-9,11-12H2,1-2H3/b6-3-/t13-,16-/m1/s1. The summed E-state index contributed by atoms with van der Waals surface area (Å²) in [7, 11) is 0. The minimum Gasteiger partial charge on any atom is -0.330 e. The molecule has 1 aromatic rings. The van der Waals surface area contributed by atoms with Crippen LogP contribution in [0.1, 0.15) is 38.4 Å². The van der Waals surface area contributed by atoms with Crippen LogP contribution in [0.3, 0.4) is 0 Å². The lowest BCUT2D eigenvalue weighted by Gasteiger charge is -2.33. The Balaban J connectivity index is 1.81. The lowest BCUT2D eigenvalue weighted by atomic mass is 10.1. The van der Waals surface area contributed by atoms with Gasteiger partial charge in [0.05, 0.1) is 17.6 Å². The Bertz CT molecular complexity index is 630. The van der Waals surface area contributed by atoms with Crippen LogP contribution in [0.4, 0.5) is 0 Å². The zero-order chi connectivity index (χ0) is 17.1. The molecule has 0 spiro atoms. The number of aromatic nitrogens is 1. The molecule has 6 heteroatoms. The van der Waals surface area contributed by atoms with Gasteiger partial charge in [0.15, 0.2) is 0 Å². The van der Waals surface area contributed by atoms with Gasteiger partial charge < -0.3 is 9.80 Å². The van der Waals surface area contributed by atoms with Crippen molar-refractivity contribution in [2.75, 3.05) is 11.6 Å². The number of carbonyl (C=O) groups is 2. The van der Waals surface area contributed by atoms with Gasteiger partial charge in [-0.25, -0.2) is 0 Å². The van der Waals surface area contributed by atoms with E-state index in [1.54, 1.807) is 28.9 Å². The molecule has 128 valence electrons. The largest absolute Gasteiger partial charge is 0.330 e. The number of hydrogen-bond acceptors (Lipinski definition) is 4. The van der Waals surface area contributed by atoms with Crippen molar-refractivity contribution in [3.05, 3.63) is 42.2 Å². The van der Waals surface area contributed by atoms with Gasteiger partial charge >= 0.3 is 0 Å². The third-order valence-electron chi connectivity index (χ3n) is 4.49. The highest BCUT2D eigenvalue weighted by Crippen LogP contribution is 2.36. The first kappa shape index (κ1) is 17.0. The van der Waals surface area contributed by atoms with Crippen LogP contribution in [0.5, 0.6) is 0 Å². The number of carbonyl (C=O) groups excluding carboxylic acids is 2. The smallest absolute Gasteiger partial charge is 0.247 e. The zero-order valence-corrected chi connectivity index (χ0v) is 14.9. The average molecular weight is 345 g/mol. The Hall–Kier alpha value is -1.82. The van der Waals surface area contributed by atoms with Crippen LogP contribution in [-0.2, 0) is 9.59 Å². The van der Waals surface area contributed by atoms with Crippen LogP contribution in [-0.4, -0.2) is 50.3 Å². The van der Waals surface area contributed by atoms with Crippen molar-refractivity contribution < 1.29 is 9.59 Å². The Morgan fingerprint density at radius 2 is 2.21 bits per heavy atom. The summed E-state index contributed by atoms with van der Waals surface area (Å²) >= 11 is 1.64. The van der Waals surface area contributed by atoms with Crippen LogP contribution in [0, 0.1) is 0 Å². The molecule has 2 amide bonds. The van der Waals surface area contributed by atoms with Crippen molar-refractivity contribution in [2.24, 2.45) is 0 Å². The summed E-state index contributed by atoms with van der Waals surface area (Å²) in [5.74, 6) is 1.22. The normalized spacial score (nSPS) is 21.9. The lowest BCUT2D eigenvalue weighted by molar-refractivity contribution is -0.143. The minimum absolute atomic E-state index is 0.0542. The van der Waals surface area contributed by atoms with Crippen molar-refractivity contribution in [1.29, 1.82) is 0 Å². The average Bonchev–Trinajstić information content (AvgIpc) is 3.30. The molecule has 1 aromatic heterocycles. The molecule has 1 aliphatic heterocycles. The maximum absolute atomic E-state index is 13.2. The van der Waals surface area contributed by atoms with Crippen LogP contribution in [0.15, 0.2) is 36.5 Å². The topological polar surface area (TPSA) is 53.5 Å². The second-order valence-corrected chi connectivity index (χ2v) is 7.23. The predicted octanol–water partition coefficient (Wildman–Crippen LogP) is 2.61. The molecule has 0 unspecified atom stereocenters.